The van der Waals surface area contributed by atoms with Crippen molar-refractivity contribution in [3.63, 3.8) is 0 Å². The Morgan fingerprint density at radius 1 is 1.29 bits per heavy atom. The highest BCUT2D eigenvalue weighted by Crippen LogP contribution is 2.27. The lowest BCUT2D eigenvalue weighted by molar-refractivity contribution is -0.129. The predicted molar refractivity (Wildman–Crippen MR) is 62.7 cm³/mol. The van der Waals surface area contributed by atoms with Crippen molar-refractivity contribution in [2.24, 2.45) is 23.3 Å². The van der Waals surface area contributed by atoms with Crippen LogP contribution in [-0.2, 0) is 9.59 Å². The largest absolute Gasteiger partial charge is 0.381 e. The molecule has 0 heterocycles. The standard InChI is InChI=1S/C11H21N3O3/c12-5-7-1-3-8(4-2-7)11(17)14-6-9(15)10(13)16/h7-9,15H,1-6,12H2,(H2,13,16)(H,14,17). The van der Waals surface area contributed by atoms with Crippen molar-refractivity contribution in [1.82, 2.24) is 5.32 Å². The van der Waals surface area contributed by atoms with E-state index in [-0.39, 0.29) is 18.4 Å². The number of hydrogen-bond donors (Lipinski definition) is 4. The Hall–Kier alpha value is -1.14. The highest BCUT2D eigenvalue weighted by molar-refractivity contribution is 5.82. The number of carbonyl (C=O) groups excluding carboxylic acids is 2. The summed E-state index contributed by atoms with van der Waals surface area (Å²) >= 11 is 0. The van der Waals surface area contributed by atoms with Crippen LogP contribution < -0.4 is 16.8 Å². The summed E-state index contributed by atoms with van der Waals surface area (Å²) in [6.07, 6.45) is 2.26. The van der Waals surface area contributed by atoms with Crippen molar-refractivity contribution in [1.29, 1.82) is 0 Å². The molecule has 0 bridgehead atoms. The molecule has 1 unspecified atom stereocenters. The highest BCUT2D eigenvalue weighted by Gasteiger charge is 2.26. The minimum Gasteiger partial charge on any atom is -0.381 e. The van der Waals surface area contributed by atoms with Crippen LogP contribution in [-0.4, -0.2) is 36.1 Å². The quantitative estimate of drug-likeness (QED) is 0.480. The summed E-state index contributed by atoms with van der Waals surface area (Å²) in [6.45, 7) is 0.569. The van der Waals surface area contributed by atoms with Crippen molar-refractivity contribution in [3.05, 3.63) is 0 Å². The monoisotopic (exact) mass is 243 g/mol. The molecule has 0 radical (unpaired) electrons. The van der Waals surface area contributed by atoms with Gasteiger partial charge in [0.25, 0.3) is 0 Å². The smallest absolute Gasteiger partial charge is 0.248 e. The van der Waals surface area contributed by atoms with Gasteiger partial charge < -0.3 is 21.9 Å². The van der Waals surface area contributed by atoms with Gasteiger partial charge >= 0.3 is 0 Å². The van der Waals surface area contributed by atoms with Crippen LogP contribution in [0.3, 0.4) is 0 Å². The van der Waals surface area contributed by atoms with Crippen LogP contribution in [0.2, 0.25) is 0 Å². The average Bonchev–Trinajstić information content (AvgIpc) is 2.35. The second-order valence-corrected chi connectivity index (χ2v) is 4.62. The number of aliphatic hydroxyl groups excluding tert-OH is 1. The minimum atomic E-state index is -1.31. The number of hydrogen-bond acceptors (Lipinski definition) is 4. The van der Waals surface area contributed by atoms with Crippen LogP contribution in [0, 0.1) is 11.8 Å². The Labute approximate surface area is 101 Å². The number of carbonyl (C=O) groups is 2. The molecule has 1 aliphatic rings. The van der Waals surface area contributed by atoms with E-state index in [2.05, 4.69) is 5.32 Å². The Morgan fingerprint density at radius 2 is 1.88 bits per heavy atom. The van der Waals surface area contributed by atoms with Gasteiger partial charge in [-0.2, -0.15) is 0 Å². The second kappa shape index (κ2) is 6.56. The Morgan fingerprint density at radius 3 is 2.35 bits per heavy atom. The normalized spacial score (nSPS) is 26.2. The van der Waals surface area contributed by atoms with E-state index in [0.29, 0.717) is 12.5 Å². The summed E-state index contributed by atoms with van der Waals surface area (Å²) in [4.78, 5) is 22.3. The third kappa shape index (κ3) is 4.32. The average molecular weight is 243 g/mol. The fraction of sp³-hybridized carbons (Fsp3) is 0.818. The Bertz CT molecular complexity index is 275. The van der Waals surface area contributed by atoms with E-state index in [1.807, 2.05) is 0 Å². The molecule has 1 aliphatic carbocycles. The van der Waals surface area contributed by atoms with Crippen molar-refractivity contribution in [2.45, 2.75) is 31.8 Å². The third-order valence-electron chi connectivity index (χ3n) is 3.35. The van der Waals surface area contributed by atoms with Crippen LogP contribution in [0.15, 0.2) is 0 Å². The molecule has 1 rings (SSSR count). The number of aliphatic hydroxyl groups is 1. The maximum Gasteiger partial charge on any atom is 0.248 e. The lowest BCUT2D eigenvalue weighted by Gasteiger charge is -2.26. The first kappa shape index (κ1) is 13.9. The fourth-order valence-corrected chi connectivity index (χ4v) is 2.10. The number of amides is 2. The minimum absolute atomic E-state index is 0.0297. The second-order valence-electron chi connectivity index (χ2n) is 4.62. The molecule has 0 aromatic heterocycles. The van der Waals surface area contributed by atoms with Crippen molar-refractivity contribution < 1.29 is 14.7 Å². The number of rotatable bonds is 5. The number of primary amides is 1. The topological polar surface area (TPSA) is 118 Å². The van der Waals surface area contributed by atoms with Gasteiger partial charge in [-0.05, 0) is 38.1 Å². The summed E-state index contributed by atoms with van der Waals surface area (Å²) in [6, 6.07) is 0. The van der Waals surface area contributed by atoms with E-state index in [1.54, 1.807) is 0 Å². The molecule has 0 aromatic carbocycles. The van der Waals surface area contributed by atoms with Crippen LogP contribution in [0.1, 0.15) is 25.7 Å². The molecule has 0 aromatic rings. The van der Waals surface area contributed by atoms with E-state index in [1.165, 1.54) is 0 Å². The number of nitrogens with two attached hydrogens (primary N) is 2. The molecule has 17 heavy (non-hydrogen) atoms. The zero-order chi connectivity index (χ0) is 12.8. The molecular weight excluding hydrogens is 222 g/mol. The fourth-order valence-electron chi connectivity index (χ4n) is 2.10. The van der Waals surface area contributed by atoms with Gasteiger partial charge in [0, 0.05) is 5.92 Å². The molecule has 0 spiro atoms. The SMILES string of the molecule is NCC1CCC(C(=O)NCC(O)C(N)=O)CC1. The van der Waals surface area contributed by atoms with Gasteiger partial charge in [-0.1, -0.05) is 0 Å². The molecule has 2 amide bonds. The van der Waals surface area contributed by atoms with E-state index >= 15 is 0 Å². The lowest BCUT2D eigenvalue weighted by Crippen LogP contribution is -2.42. The van der Waals surface area contributed by atoms with Crippen molar-refractivity contribution >= 4 is 11.8 Å². The van der Waals surface area contributed by atoms with Gasteiger partial charge in [0.1, 0.15) is 6.10 Å². The van der Waals surface area contributed by atoms with E-state index in [4.69, 9.17) is 16.6 Å². The van der Waals surface area contributed by atoms with Crippen molar-refractivity contribution in [2.75, 3.05) is 13.1 Å². The maximum absolute atomic E-state index is 11.7. The van der Waals surface area contributed by atoms with Gasteiger partial charge in [-0.3, -0.25) is 9.59 Å². The predicted octanol–water partition coefficient (Wildman–Crippen LogP) is -1.29. The van der Waals surface area contributed by atoms with E-state index in [9.17, 15) is 9.59 Å². The van der Waals surface area contributed by atoms with Crippen LogP contribution in [0.25, 0.3) is 0 Å². The zero-order valence-electron chi connectivity index (χ0n) is 9.89. The molecule has 6 N–H and O–H groups in total. The van der Waals surface area contributed by atoms with E-state index in [0.717, 1.165) is 25.7 Å². The van der Waals surface area contributed by atoms with Gasteiger partial charge in [0.2, 0.25) is 11.8 Å². The summed E-state index contributed by atoms with van der Waals surface area (Å²) in [5, 5.41) is 11.7. The van der Waals surface area contributed by atoms with Gasteiger partial charge in [0.05, 0.1) is 6.54 Å². The van der Waals surface area contributed by atoms with Gasteiger partial charge in [-0.15, -0.1) is 0 Å². The first-order chi connectivity index (χ1) is 8.04. The summed E-state index contributed by atoms with van der Waals surface area (Å²) < 4.78 is 0. The zero-order valence-corrected chi connectivity index (χ0v) is 9.89. The molecular formula is C11H21N3O3. The molecule has 1 saturated carbocycles. The van der Waals surface area contributed by atoms with Crippen LogP contribution in [0.5, 0.6) is 0 Å². The third-order valence-corrected chi connectivity index (χ3v) is 3.35. The molecule has 1 atom stereocenters. The molecule has 6 heteroatoms. The summed E-state index contributed by atoms with van der Waals surface area (Å²) in [5.41, 5.74) is 10.5. The molecule has 98 valence electrons. The van der Waals surface area contributed by atoms with Gasteiger partial charge in [0.15, 0.2) is 0 Å². The van der Waals surface area contributed by atoms with Crippen LogP contribution >= 0.6 is 0 Å². The number of nitrogens with one attached hydrogen (secondary N) is 1. The maximum atomic E-state index is 11.7. The summed E-state index contributed by atoms with van der Waals surface area (Å²) in [5.74, 6) is -0.439. The Balaban J connectivity index is 2.27. The molecule has 6 nitrogen and oxygen atoms in total. The van der Waals surface area contributed by atoms with Gasteiger partial charge in [-0.25, -0.2) is 0 Å². The summed E-state index contributed by atoms with van der Waals surface area (Å²) in [7, 11) is 0. The highest BCUT2D eigenvalue weighted by atomic mass is 16.3. The van der Waals surface area contributed by atoms with Crippen molar-refractivity contribution in [3.8, 4) is 0 Å². The lowest BCUT2D eigenvalue weighted by atomic mass is 9.81. The molecule has 0 saturated heterocycles. The first-order valence-electron chi connectivity index (χ1n) is 5.99. The molecule has 1 fully saturated rings. The van der Waals surface area contributed by atoms with Crippen LogP contribution in [0.4, 0.5) is 0 Å². The molecule has 0 aliphatic heterocycles. The Kier molecular flexibility index (Phi) is 5.37. The van der Waals surface area contributed by atoms with E-state index < -0.39 is 12.0 Å². The first-order valence-corrected chi connectivity index (χ1v) is 5.99.